The van der Waals surface area contributed by atoms with E-state index in [1.54, 1.807) is 0 Å². The standard InChI is InChI=1S/C31H30N2O2/c1-20-14-16-21(17-15-20)26-27-24(18-31(2,3)19-25(27)34)33(23-12-8-5-9-13-23)30(32)28(26)29(35)22-10-6-4-7-11-22/h4-17,26,32,35H,18-19H2,1-3H3/b29-28+,32-30?/t26-/m0/s1. The van der Waals surface area contributed by atoms with Crippen LogP contribution < -0.4 is 4.90 Å². The third-order valence-corrected chi connectivity index (χ3v) is 6.95. The summed E-state index contributed by atoms with van der Waals surface area (Å²) < 4.78 is 0. The Morgan fingerprint density at radius 2 is 1.51 bits per heavy atom. The van der Waals surface area contributed by atoms with Gasteiger partial charge in [0, 0.05) is 40.4 Å². The van der Waals surface area contributed by atoms with Crippen LogP contribution in [-0.4, -0.2) is 16.7 Å². The third kappa shape index (κ3) is 4.10. The average molecular weight is 463 g/mol. The summed E-state index contributed by atoms with van der Waals surface area (Å²) in [6.07, 6.45) is 1.11. The Morgan fingerprint density at radius 1 is 0.914 bits per heavy atom. The van der Waals surface area contributed by atoms with Crippen LogP contribution in [0.2, 0.25) is 0 Å². The molecule has 35 heavy (non-hydrogen) atoms. The van der Waals surface area contributed by atoms with E-state index >= 15 is 0 Å². The van der Waals surface area contributed by atoms with Gasteiger partial charge in [0.15, 0.2) is 5.78 Å². The molecule has 0 unspecified atom stereocenters. The molecule has 0 saturated carbocycles. The van der Waals surface area contributed by atoms with Crippen LogP contribution in [0.25, 0.3) is 5.76 Å². The lowest BCUT2D eigenvalue weighted by molar-refractivity contribution is -0.118. The highest BCUT2D eigenvalue weighted by Gasteiger charge is 2.46. The van der Waals surface area contributed by atoms with Gasteiger partial charge in [-0.05, 0) is 36.5 Å². The molecule has 0 fully saturated rings. The number of benzene rings is 3. The van der Waals surface area contributed by atoms with Gasteiger partial charge in [-0.15, -0.1) is 0 Å². The number of para-hydroxylation sites is 1. The van der Waals surface area contributed by atoms with Crippen molar-refractivity contribution in [2.24, 2.45) is 5.41 Å². The van der Waals surface area contributed by atoms with Gasteiger partial charge in [-0.3, -0.25) is 15.1 Å². The quantitative estimate of drug-likeness (QED) is 0.405. The summed E-state index contributed by atoms with van der Waals surface area (Å²) in [5.41, 5.74) is 5.25. The van der Waals surface area contributed by atoms with Crippen LogP contribution in [0.4, 0.5) is 5.69 Å². The number of hydrogen-bond acceptors (Lipinski definition) is 3. The van der Waals surface area contributed by atoms with E-state index in [1.165, 1.54) is 0 Å². The molecule has 3 aromatic carbocycles. The molecule has 0 aromatic heterocycles. The highest BCUT2D eigenvalue weighted by molar-refractivity contribution is 6.19. The zero-order valence-corrected chi connectivity index (χ0v) is 20.4. The van der Waals surface area contributed by atoms with Crippen molar-refractivity contribution >= 4 is 23.1 Å². The smallest absolute Gasteiger partial charge is 0.162 e. The topological polar surface area (TPSA) is 64.4 Å². The van der Waals surface area contributed by atoms with E-state index in [4.69, 9.17) is 0 Å². The number of carbonyl (C=O) groups excluding carboxylic acids is 1. The minimum absolute atomic E-state index is 0.0336. The maximum absolute atomic E-state index is 13.8. The molecule has 0 saturated heterocycles. The monoisotopic (exact) mass is 462 g/mol. The predicted octanol–water partition coefficient (Wildman–Crippen LogP) is 7.19. The third-order valence-electron chi connectivity index (χ3n) is 6.95. The number of nitrogens with one attached hydrogen (secondary N) is 1. The molecule has 1 aliphatic heterocycles. The summed E-state index contributed by atoms with van der Waals surface area (Å²) in [5.74, 6) is -0.200. The number of aliphatic hydroxyl groups excluding tert-OH is 1. The summed E-state index contributed by atoms with van der Waals surface area (Å²) in [6, 6.07) is 27.1. The summed E-state index contributed by atoms with van der Waals surface area (Å²) in [6.45, 7) is 6.24. The summed E-state index contributed by atoms with van der Waals surface area (Å²) in [4.78, 5) is 15.7. The molecule has 3 aromatic rings. The highest BCUT2D eigenvalue weighted by Crippen LogP contribution is 2.51. The van der Waals surface area contributed by atoms with Gasteiger partial charge in [0.05, 0.1) is 0 Å². The Hall–Kier alpha value is -3.92. The van der Waals surface area contributed by atoms with E-state index < -0.39 is 5.92 Å². The van der Waals surface area contributed by atoms with Crippen LogP contribution in [-0.2, 0) is 4.79 Å². The fourth-order valence-corrected chi connectivity index (χ4v) is 5.32. The van der Waals surface area contributed by atoms with Crippen LogP contribution in [0, 0.1) is 17.7 Å². The van der Waals surface area contributed by atoms with Crippen molar-refractivity contribution in [3.8, 4) is 0 Å². The molecule has 1 atom stereocenters. The Labute approximate surface area is 206 Å². The van der Waals surface area contributed by atoms with Crippen molar-refractivity contribution in [1.82, 2.24) is 0 Å². The lowest BCUT2D eigenvalue weighted by atomic mass is 9.67. The first kappa shape index (κ1) is 22.9. The molecular weight excluding hydrogens is 432 g/mol. The van der Waals surface area contributed by atoms with E-state index in [-0.39, 0.29) is 22.8 Å². The minimum atomic E-state index is -0.512. The first-order valence-corrected chi connectivity index (χ1v) is 12.0. The molecule has 0 spiro atoms. The first-order valence-electron chi connectivity index (χ1n) is 12.0. The Morgan fingerprint density at radius 3 is 2.14 bits per heavy atom. The van der Waals surface area contributed by atoms with E-state index in [0.717, 1.165) is 22.5 Å². The summed E-state index contributed by atoms with van der Waals surface area (Å²) in [7, 11) is 0. The minimum Gasteiger partial charge on any atom is -0.507 e. The number of carbonyl (C=O) groups is 1. The number of hydrogen-bond donors (Lipinski definition) is 2. The summed E-state index contributed by atoms with van der Waals surface area (Å²) in [5, 5.41) is 21.0. The molecule has 176 valence electrons. The van der Waals surface area contributed by atoms with E-state index in [1.807, 2.05) is 96.8 Å². The molecule has 1 heterocycles. The highest BCUT2D eigenvalue weighted by atomic mass is 16.3. The van der Waals surface area contributed by atoms with Crippen LogP contribution in [0.3, 0.4) is 0 Å². The second-order valence-electron chi connectivity index (χ2n) is 10.3. The average Bonchev–Trinajstić information content (AvgIpc) is 2.84. The van der Waals surface area contributed by atoms with E-state index in [9.17, 15) is 15.3 Å². The van der Waals surface area contributed by atoms with Gasteiger partial charge in [-0.2, -0.15) is 0 Å². The Bertz CT molecular complexity index is 1350. The zero-order chi connectivity index (χ0) is 24.7. The second kappa shape index (κ2) is 8.70. The molecule has 0 amide bonds. The normalized spacial score (nSPS) is 21.1. The first-order chi connectivity index (χ1) is 16.8. The van der Waals surface area contributed by atoms with Crippen molar-refractivity contribution in [3.63, 3.8) is 0 Å². The van der Waals surface area contributed by atoms with Gasteiger partial charge in [0.1, 0.15) is 11.6 Å². The number of aryl methyl sites for hydroxylation is 1. The van der Waals surface area contributed by atoms with Gasteiger partial charge in [-0.1, -0.05) is 92.2 Å². The van der Waals surface area contributed by atoms with Gasteiger partial charge in [-0.25, -0.2) is 0 Å². The maximum atomic E-state index is 13.8. The number of nitrogens with zero attached hydrogens (tertiary/aromatic N) is 1. The molecular formula is C31H30N2O2. The Kier molecular flexibility index (Phi) is 5.68. The van der Waals surface area contributed by atoms with Crippen LogP contribution in [0.5, 0.6) is 0 Å². The number of ketones is 1. The molecule has 2 aliphatic rings. The number of rotatable bonds is 3. The summed E-state index contributed by atoms with van der Waals surface area (Å²) >= 11 is 0. The van der Waals surface area contributed by atoms with Crippen LogP contribution in [0.15, 0.2) is 102 Å². The van der Waals surface area contributed by atoms with Crippen LogP contribution in [0.1, 0.15) is 49.3 Å². The largest absolute Gasteiger partial charge is 0.507 e. The molecule has 4 nitrogen and oxygen atoms in total. The molecule has 0 bridgehead atoms. The van der Waals surface area contributed by atoms with Gasteiger partial charge in [0.25, 0.3) is 0 Å². The fraction of sp³-hybridized carbons (Fsp3) is 0.226. The SMILES string of the molecule is Cc1ccc([C@H]2C3=C(CC(C)(C)CC3=O)N(c3ccccc3)C(=N)/C2=C(/O)c2ccccc2)cc1. The van der Waals surface area contributed by atoms with Gasteiger partial charge >= 0.3 is 0 Å². The van der Waals surface area contributed by atoms with E-state index in [2.05, 4.69) is 13.8 Å². The molecule has 2 N–H and O–H groups in total. The van der Waals surface area contributed by atoms with Crippen LogP contribution >= 0.6 is 0 Å². The number of aliphatic hydroxyl groups is 1. The molecule has 1 aliphatic carbocycles. The number of allylic oxidation sites excluding steroid dienone is 2. The fourth-order valence-electron chi connectivity index (χ4n) is 5.32. The lowest BCUT2D eigenvalue weighted by Gasteiger charge is -2.45. The maximum Gasteiger partial charge on any atom is 0.162 e. The molecule has 0 radical (unpaired) electrons. The number of amidine groups is 1. The number of Topliss-reactive ketones (excluding diaryl/α,β-unsaturated/α-hetero) is 1. The van der Waals surface area contributed by atoms with Crippen molar-refractivity contribution in [1.29, 1.82) is 5.41 Å². The van der Waals surface area contributed by atoms with Gasteiger partial charge in [0.2, 0.25) is 0 Å². The second-order valence-corrected chi connectivity index (χ2v) is 10.3. The number of anilines is 1. The predicted molar refractivity (Wildman–Crippen MR) is 142 cm³/mol. The lowest BCUT2D eigenvalue weighted by Crippen LogP contribution is -2.45. The van der Waals surface area contributed by atoms with Gasteiger partial charge < -0.3 is 5.11 Å². The van der Waals surface area contributed by atoms with E-state index in [0.29, 0.717) is 29.6 Å². The van der Waals surface area contributed by atoms with Crippen molar-refractivity contribution < 1.29 is 9.90 Å². The molecule has 5 rings (SSSR count). The zero-order valence-electron chi connectivity index (χ0n) is 20.4. The van der Waals surface area contributed by atoms with Crippen molar-refractivity contribution in [2.75, 3.05) is 4.90 Å². The molecule has 4 heteroatoms. The Balaban J connectivity index is 1.85. The van der Waals surface area contributed by atoms with Crippen molar-refractivity contribution in [2.45, 2.75) is 39.5 Å². The van der Waals surface area contributed by atoms with Crippen molar-refractivity contribution in [3.05, 3.63) is 118 Å².